The van der Waals surface area contributed by atoms with Crippen molar-refractivity contribution in [2.75, 3.05) is 19.5 Å². The van der Waals surface area contributed by atoms with Crippen LogP contribution >= 0.6 is 15.9 Å². The molecule has 20 heavy (non-hydrogen) atoms. The van der Waals surface area contributed by atoms with Crippen LogP contribution in [-0.4, -0.2) is 14.2 Å². The number of halogens is 1. The van der Waals surface area contributed by atoms with Gasteiger partial charge in [0.15, 0.2) is 11.5 Å². The highest BCUT2D eigenvalue weighted by Gasteiger charge is 2.05. The van der Waals surface area contributed by atoms with E-state index in [2.05, 4.69) is 34.2 Å². The van der Waals surface area contributed by atoms with E-state index in [-0.39, 0.29) is 0 Å². The van der Waals surface area contributed by atoms with Crippen molar-refractivity contribution in [1.82, 2.24) is 0 Å². The Balaban J connectivity index is 2.13. The largest absolute Gasteiger partial charge is 0.493 e. The van der Waals surface area contributed by atoms with Crippen molar-refractivity contribution < 1.29 is 9.47 Å². The van der Waals surface area contributed by atoms with E-state index in [9.17, 15) is 0 Å². The second-order valence-electron chi connectivity index (χ2n) is 4.46. The van der Waals surface area contributed by atoms with Gasteiger partial charge in [-0.1, -0.05) is 28.1 Å². The van der Waals surface area contributed by atoms with Crippen LogP contribution in [0.5, 0.6) is 11.5 Å². The molecule has 2 rings (SSSR count). The summed E-state index contributed by atoms with van der Waals surface area (Å²) >= 11 is 3.54. The van der Waals surface area contributed by atoms with E-state index in [1.54, 1.807) is 14.2 Å². The third kappa shape index (κ3) is 3.25. The zero-order chi connectivity index (χ0) is 14.5. The SMILES string of the molecule is COc1ccc(CNc2cccc(Br)c2C)cc1OC. The molecule has 0 aliphatic carbocycles. The summed E-state index contributed by atoms with van der Waals surface area (Å²) in [7, 11) is 3.29. The van der Waals surface area contributed by atoms with Gasteiger partial charge in [-0.2, -0.15) is 0 Å². The highest BCUT2D eigenvalue weighted by molar-refractivity contribution is 9.10. The molecular weight excluding hydrogens is 318 g/mol. The van der Waals surface area contributed by atoms with Gasteiger partial charge in [0.1, 0.15) is 0 Å². The summed E-state index contributed by atoms with van der Waals surface area (Å²) in [6.07, 6.45) is 0. The molecule has 0 heterocycles. The maximum Gasteiger partial charge on any atom is 0.161 e. The lowest BCUT2D eigenvalue weighted by Crippen LogP contribution is -2.02. The molecule has 106 valence electrons. The fraction of sp³-hybridized carbons (Fsp3) is 0.250. The highest BCUT2D eigenvalue weighted by Crippen LogP contribution is 2.28. The monoisotopic (exact) mass is 335 g/mol. The number of ether oxygens (including phenoxy) is 2. The van der Waals surface area contributed by atoms with E-state index in [0.29, 0.717) is 0 Å². The van der Waals surface area contributed by atoms with E-state index >= 15 is 0 Å². The first kappa shape index (κ1) is 14.7. The molecule has 0 aliphatic heterocycles. The first-order valence-corrected chi connectivity index (χ1v) is 7.15. The predicted octanol–water partition coefficient (Wildman–Crippen LogP) is 4.39. The molecule has 4 heteroatoms. The van der Waals surface area contributed by atoms with Crippen molar-refractivity contribution in [2.45, 2.75) is 13.5 Å². The lowest BCUT2D eigenvalue weighted by Gasteiger charge is -2.13. The lowest BCUT2D eigenvalue weighted by molar-refractivity contribution is 0.354. The molecule has 2 aromatic carbocycles. The van der Waals surface area contributed by atoms with Gasteiger partial charge in [-0.25, -0.2) is 0 Å². The molecule has 0 radical (unpaired) electrons. The van der Waals surface area contributed by atoms with Crippen LogP contribution in [0.15, 0.2) is 40.9 Å². The lowest BCUT2D eigenvalue weighted by atomic mass is 10.1. The Kier molecular flexibility index (Phi) is 4.90. The Bertz CT molecular complexity index is 599. The van der Waals surface area contributed by atoms with Crippen molar-refractivity contribution in [1.29, 1.82) is 0 Å². The average Bonchev–Trinajstić information content (AvgIpc) is 2.48. The van der Waals surface area contributed by atoms with Crippen LogP contribution < -0.4 is 14.8 Å². The fourth-order valence-corrected chi connectivity index (χ4v) is 2.35. The quantitative estimate of drug-likeness (QED) is 0.879. The van der Waals surface area contributed by atoms with E-state index in [1.807, 2.05) is 30.3 Å². The van der Waals surface area contributed by atoms with Crippen LogP contribution in [-0.2, 0) is 6.54 Å². The Hall–Kier alpha value is -1.68. The smallest absolute Gasteiger partial charge is 0.161 e. The fourth-order valence-electron chi connectivity index (χ4n) is 1.99. The zero-order valence-electron chi connectivity index (χ0n) is 11.9. The van der Waals surface area contributed by atoms with Gasteiger partial charge in [0, 0.05) is 16.7 Å². The van der Waals surface area contributed by atoms with Gasteiger partial charge < -0.3 is 14.8 Å². The van der Waals surface area contributed by atoms with Gasteiger partial charge in [-0.05, 0) is 42.3 Å². The van der Waals surface area contributed by atoms with Crippen molar-refractivity contribution in [3.8, 4) is 11.5 Å². The van der Waals surface area contributed by atoms with Crippen molar-refractivity contribution in [2.24, 2.45) is 0 Å². The van der Waals surface area contributed by atoms with Crippen molar-refractivity contribution in [3.63, 3.8) is 0 Å². The molecule has 0 aromatic heterocycles. The summed E-state index contributed by atoms with van der Waals surface area (Å²) in [5.41, 5.74) is 3.46. The van der Waals surface area contributed by atoms with Gasteiger partial charge in [-0.15, -0.1) is 0 Å². The van der Waals surface area contributed by atoms with E-state index in [1.165, 1.54) is 5.56 Å². The molecule has 2 aromatic rings. The molecule has 0 saturated heterocycles. The van der Waals surface area contributed by atoms with Gasteiger partial charge in [0.25, 0.3) is 0 Å². The van der Waals surface area contributed by atoms with Gasteiger partial charge >= 0.3 is 0 Å². The third-order valence-corrected chi connectivity index (χ3v) is 4.06. The first-order chi connectivity index (χ1) is 9.65. The molecule has 0 bridgehead atoms. The average molecular weight is 336 g/mol. The molecule has 3 nitrogen and oxygen atoms in total. The maximum atomic E-state index is 5.31. The van der Waals surface area contributed by atoms with Crippen LogP contribution in [0.3, 0.4) is 0 Å². The van der Waals surface area contributed by atoms with Gasteiger partial charge in [-0.3, -0.25) is 0 Å². The number of nitrogens with one attached hydrogen (secondary N) is 1. The van der Waals surface area contributed by atoms with E-state index < -0.39 is 0 Å². The molecule has 0 aliphatic rings. The molecule has 0 saturated carbocycles. The van der Waals surface area contributed by atoms with Crippen LogP contribution in [0.25, 0.3) is 0 Å². The second kappa shape index (κ2) is 6.66. The second-order valence-corrected chi connectivity index (χ2v) is 5.31. The Morgan fingerprint density at radius 1 is 1.05 bits per heavy atom. The summed E-state index contributed by atoms with van der Waals surface area (Å²) < 4.78 is 11.7. The summed E-state index contributed by atoms with van der Waals surface area (Å²) in [5.74, 6) is 1.49. The van der Waals surface area contributed by atoms with Crippen LogP contribution in [0.2, 0.25) is 0 Å². The van der Waals surface area contributed by atoms with E-state index in [4.69, 9.17) is 9.47 Å². The van der Waals surface area contributed by atoms with E-state index in [0.717, 1.165) is 33.8 Å². The number of hydrogen-bond donors (Lipinski definition) is 1. The normalized spacial score (nSPS) is 10.2. The molecule has 0 atom stereocenters. The minimum atomic E-state index is 0.734. The number of benzene rings is 2. The Morgan fingerprint density at radius 3 is 2.50 bits per heavy atom. The number of anilines is 1. The molecule has 0 amide bonds. The standard InChI is InChI=1S/C16H18BrNO2/c1-11-13(17)5-4-6-14(11)18-10-12-7-8-15(19-2)16(9-12)20-3/h4-9,18H,10H2,1-3H3. The summed E-state index contributed by atoms with van der Waals surface area (Å²) in [6.45, 7) is 2.82. The highest BCUT2D eigenvalue weighted by atomic mass is 79.9. The predicted molar refractivity (Wildman–Crippen MR) is 85.8 cm³/mol. The minimum absolute atomic E-state index is 0.734. The van der Waals surface area contributed by atoms with Crippen LogP contribution in [0.4, 0.5) is 5.69 Å². The number of hydrogen-bond acceptors (Lipinski definition) is 3. The number of rotatable bonds is 5. The number of methoxy groups -OCH3 is 2. The van der Waals surface area contributed by atoms with Crippen LogP contribution in [0.1, 0.15) is 11.1 Å². The molecule has 0 fully saturated rings. The maximum absolute atomic E-state index is 5.31. The summed E-state index contributed by atoms with van der Waals surface area (Å²) in [5, 5.41) is 3.43. The molecular formula is C16H18BrNO2. The van der Waals surface area contributed by atoms with Gasteiger partial charge in [0.2, 0.25) is 0 Å². The molecule has 0 spiro atoms. The minimum Gasteiger partial charge on any atom is -0.493 e. The van der Waals surface area contributed by atoms with Crippen LogP contribution in [0, 0.1) is 6.92 Å². The zero-order valence-corrected chi connectivity index (χ0v) is 13.5. The third-order valence-electron chi connectivity index (χ3n) is 3.20. The van der Waals surface area contributed by atoms with Gasteiger partial charge in [0.05, 0.1) is 14.2 Å². The molecule has 0 unspecified atom stereocenters. The summed E-state index contributed by atoms with van der Waals surface area (Å²) in [4.78, 5) is 0. The van der Waals surface area contributed by atoms with Crippen molar-refractivity contribution in [3.05, 3.63) is 52.0 Å². The topological polar surface area (TPSA) is 30.5 Å². The summed E-state index contributed by atoms with van der Waals surface area (Å²) in [6, 6.07) is 12.1. The molecule has 1 N–H and O–H groups in total. The Morgan fingerprint density at radius 2 is 1.80 bits per heavy atom. The van der Waals surface area contributed by atoms with Crippen molar-refractivity contribution >= 4 is 21.6 Å². The Labute approximate surface area is 128 Å². The first-order valence-electron chi connectivity index (χ1n) is 6.35.